The van der Waals surface area contributed by atoms with Gasteiger partial charge in [-0.05, 0) is 96.3 Å². The lowest BCUT2D eigenvalue weighted by molar-refractivity contribution is -0.166. The van der Waals surface area contributed by atoms with E-state index < -0.39 is 6.10 Å². The third kappa shape index (κ3) is 48.3. The van der Waals surface area contributed by atoms with Gasteiger partial charge in [-0.1, -0.05) is 234 Å². The summed E-state index contributed by atoms with van der Waals surface area (Å²) in [6.07, 6.45) is 60.7. The van der Waals surface area contributed by atoms with Crippen molar-refractivity contribution in [3.05, 3.63) is 36.5 Å². The second-order valence-corrected chi connectivity index (χ2v) is 20.1. The molecule has 0 aromatic rings. The predicted molar refractivity (Wildman–Crippen MR) is 283 cm³/mol. The molecule has 64 heavy (non-hydrogen) atoms. The normalized spacial score (nSPS) is 12.8. The summed E-state index contributed by atoms with van der Waals surface area (Å²) < 4.78 is 16.7. The standard InChI is InChI=1S/C57H103IO6/c1-4-7-10-13-16-19-22-25-28-31-34-37-40-43-46-49-55(59)62-51-53(64-56(60)50-47-44-41-38-35-32-29-26-23-20-17-14-11-8-5-2)52-63-57(61)54(58)48-45-42-39-36-33-30-27-24-21-18-15-12-9-6-3/h25-30,53-54H,4-24,31-52H2,1-3H3/b28-25-,29-26-,30-27-. The Morgan fingerprint density at radius 2 is 0.672 bits per heavy atom. The van der Waals surface area contributed by atoms with Crippen LogP contribution in [0.15, 0.2) is 36.5 Å². The molecule has 2 unspecified atom stereocenters. The fourth-order valence-corrected chi connectivity index (χ4v) is 8.52. The highest BCUT2D eigenvalue weighted by Gasteiger charge is 2.22. The van der Waals surface area contributed by atoms with Gasteiger partial charge in [0.05, 0.1) is 0 Å². The molecule has 0 rings (SSSR count). The Morgan fingerprint density at radius 1 is 0.375 bits per heavy atom. The number of hydrogen-bond donors (Lipinski definition) is 0. The van der Waals surface area contributed by atoms with E-state index in [0.29, 0.717) is 12.8 Å². The van der Waals surface area contributed by atoms with Crippen molar-refractivity contribution >= 4 is 40.5 Å². The van der Waals surface area contributed by atoms with Crippen LogP contribution < -0.4 is 0 Å². The maximum absolute atomic E-state index is 12.9. The monoisotopic (exact) mass is 1010 g/mol. The van der Waals surface area contributed by atoms with E-state index in [9.17, 15) is 14.4 Å². The molecule has 0 bridgehead atoms. The van der Waals surface area contributed by atoms with Crippen LogP contribution >= 0.6 is 22.6 Å². The number of carbonyl (C=O) groups excluding carboxylic acids is 3. The number of unbranched alkanes of at least 4 members (excludes halogenated alkanes) is 32. The molecule has 0 aliphatic carbocycles. The zero-order valence-corrected chi connectivity index (χ0v) is 44.5. The lowest BCUT2D eigenvalue weighted by Gasteiger charge is -2.19. The Morgan fingerprint density at radius 3 is 1.05 bits per heavy atom. The van der Waals surface area contributed by atoms with Crippen molar-refractivity contribution in [3.8, 4) is 0 Å². The molecule has 0 saturated carbocycles. The van der Waals surface area contributed by atoms with Gasteiger partial charge in [0.1, 0.15) is 17.1 Å². The average molecular weight is 1010 g/mol. The molecule has 0 saturated heterocycles. The largest absolute Gasteiger partial charge is 0.462 e. The molecule has 2 atom stereocenters. The van der Waals surface area contributed by atoms with Gasteiger partial charge >= 0.3 is 17.9 Å². The van der Waals surface area contributed by atoms with Crippen LogP contribution in [0.4, 0.5) is 0 Å². The first-order chi connectivity index (χ1) is 31.4. The molecule has 0 aliphatic rings. The molecule has 7 heteroatoms. The molecule has 0 fully saturated rings. The average Bonchev–Trinajstić information content (AvgIpc) is 3.29. The summed E-state index contributed by atoms with van der Waals surface area (Å²) in [7, 11) is 0. The number of hydrogen-bond acceptors (Lipinski definition) is 6. The smallest absolute Gasteiger partial charge is 0.319 e. The summed E-state index contributed by atoms with van der Waals surface area (Å²) in [6, 6.07) is 0. The van der Waals surface area contributed by atoms with Gasteiger partial charge in [-0.15, -0.1) is 0 Å². The van der Waals surface area contributed by atoms with Crippen LogP contribution in [-0.4, -0.2) is 41.2 Å². The molecule has 0 heterocycles. The second kappa shape index (κ2) is 52.3. The Labute approximate surface area is 410 Å². The summed E-state index contributed by atoms with van der Waals surface area (Å²) in [5, 5.41) is 0. The fourth-order valence-electron chi connectivity index (χ4n) is 7.90. The maximum atomic E-state index is 12.9. The SMILES string of the molecule is CCCCCCCC/C=C\CCCCCCCC(=O)OCC(COC(=O)C(I)CCCCCC/C=C\CCCCCCCC)OC(=O)CCCCCCC/C=C\CCCCCCCC. The number of ether oxygens (including phenoxy) is 3. The van der Waals surface area contributed by atoms with E-state index in [0.717, 1.165) is 89.9 Å². The highest BCUT2D eigenvalue weighted by molar-refractivity contribution is 14.1. The van der Waals surface area contributed by atoms with E-state index in [2.05, 4.69) is 79.8 Å². The first-order valence-electron chi connectivity index (χ1n) is 27.5. The van der Waals surface area contributed by atoms with Crippen LogP contribution in [0.1, 0.15) is 284 Å². The number of halogens is 1. The van der Waals surface area contributed by atoms with E-state index >= 15 is 0 Å². The Bertz CT molecular complexity index is 1100. The first kappa shape index (κ1) is 62.4. The van der Waals surface area contributed by atoms with Gasteiger partial charge in [-0.25, -0.2) is 0 Å². The number of carbonyl (C=O) groups is 3. The van der Waals surface area contributed by atoms with Gasteiger partial charge < -0.3 is 14.2 Å². The van der Waals surface area contributed by atoms with Crippen LogP contribution in [0.3, 0.4) is 0 Å². The van der Waals surface area contributed by atoms with Crippen LogP contribution in [0.2, 0.25) is 0 Å². The minimum Gasteiger partial charge on any atom is -0.462 e. The van der Waals surface area contributed by atoms with Crippen molar-refractivity contribution in [2.45, 2.75) is 294 Å². The van der Waals surface area contributed by atoms with Crippen LogP contribution in [0.25, 0.3) is 0 Å². The topological polar surface area (TPSA) is 78.9 Å². The highest BCUT2D eigenvalue weighted by Crippen LogP contribution is 2.17. The molecule has 6 nitrogen and oxygen atoms in total. The molecule has 0 aliphatic heterocycles. The molecule has 374 valence electrons. The van der Waals surface area contributed by atoms with Crippen molar-refractivity contribution < 1.29 is 28.6 Å². The molecule has 0 aromatic carbocycles. The van der Waals surface area contributed by atoms with Gasteiger partial charge in [0.25, 0.3) is 0 Å². The molecule has 0 radical (unpaired) electrons. The van der Waals surface area contributed by atoms with E-state index in [4.69, 9.17) is 14.2 Å². The molecule has 0 spiro atoms. The van der Waals surface area contributed by atoms with Crippen LogP contribution in [-0.2, 0) is 28.6 Å². The fraction of sp³-hybridized carbons (Fsp3) is 0.842. The van der Waals surface area contributed by atoms with Crippen molar-refractivity contribution in [2.24, 2.45) is 0 Å². The summed E-state index contributed by atoms with van der Waals surface area (Å²) in [6.45, 7) is 6.61. The Balaban J connectivity index is 4.50. The van der Waals surface area contributed by atoms with E-state index in [1.54, 1.807) is 0 Å². The van der Waals surface area contributed by atoms with E-state index in [1.165, 1.54) is 161 Å². The second-order valence-electron chi connectivity index (χ2n) is 18.6. The van der Waals surface area contributed by atoms with Gasteiger partial charge in [0, 0.05) is 12.8 Å². The summed E-state index contributed by atoms with van der Waals surface area (Å²) >= 11 is 2.17. The van der Waals surface area contributed by atoms with Gasteiger partial charge in [-0.2, -0.15) is 0 Å². The number of alkyl halides is 1. The Hall–Kier alpha value is -1.64. The summed E-state index contributed by atoms with van der Waals surface area (Å²) in [5.41, 5.74) is 0. The number of allylic oxidation sites excluding steroid dienone is 6. The van der Waals surface area contributed by atoms with E-state index in [-0.39, 0.29) is 35.0 Å². The van der Waals surface area contributed by atoms with Crippen LogP contribution in [0.5, 0.6) is 0 Å². The van der Waals surface area contributed by atoms with Gasteiger partial charge in [0.15, 0.2) is 6.10 Å². The van der Waals surface area contributed by atoms with Gasteiger partial charge in [-0.3, -0.25) is 14.4 Å². The third-order valence-electron chi connectivity index (χ3n) is 12.2. The predicted octanol–water partition coefficient (Wildman–Crippen LogP) is 18.5. The summed E-state index contributed by atoms with van der Waals surface area (Å²) in [5.74, 6) is -0.909. The van der Waals surface area contributed by atoms with Crippen molar-refractivity contribution in [2.75, 3.05) is 13.2 Å². The highest BCUT2D eigenvalue weighted by atomic mass is 127. The quantitative estimate of drug-likeness (QED) is 0.0151. The number of esters is 3. The molecular weight excluding hydrogens is 908 g/mol. The first-order valence-corrected chi connectivity index (χ1v) is 28.8. The van der Waals surface area contributed by atoms with Crippen LogP contribution in [0, 0.1) is 0 Å². The van der Waals surface area contributed by atoms with Crippen molar-refractivity contribution in [1.29, 1.82) is 0 Å². The molecular formula is C57H103IO6. The lowest BCUT2D eigenvalue weighted by atomic mass is 10.1. The summed E-state index contributed by atoms with van der Waals surface area (Å²) in [4.78, 5) is 38.5. The van der Waals surface area contributed by atoms with Crippen molar-refractivity contribution in [3.63, 3.8) is 0 Å². The maximum Gasteiger partial charge on any atom is 0.319 e. The zero-order chi connectivity index (χ0) is 46.7. The van der Waals surface area contributed by atoms with Crippen molar-refractivity contribution in [1.82, 2.24) is 0 Å². The lowest BCUT2D eigenvalue weighted by Crippen LogP contribution is -2.32. The van der Waals surface area contributed by atoms with Gasteiger partial charge in [0.2, 0.25) is 0 Å². The minimum absolute atomic E-state index is 0.0887. The van der Waals surface area contributed by atoms with E-state index in [1.807, 2.05) is 0 Å². The molecule has 0 amide bonds. The zero-order valence-electron chi connectivity index (χ0n) is 42.4. The minimum atomic E-state index is -0.796. The third-order valence-corrected chi connectivity index (χ3v) is 13.3. The Kier molecular flexibility index (Phi) is 51.0. The molecule has 0 N–H and O–H groups in total. The molecule has 0 aromatic heterocycles. The number of rotatable bonds is 50.